The number of hydrogen-bond acceptors (Lipinski definition) is 3. The molecule has 0 saturated carbocycles. The molecule has 0 aromatic heterocycles. The number of carbonyl (C=O) groups is 3. The van der Waals surface area contributed by atoms with Crippen LogP contribution >= 0.6 is 0 Å². The van der Waals surface area contributed by atoms with Crippen LogP contribution in [0.5, 0.6) is 0 Å². The zero-order valence-electron chi connectivity index (χ0n) is 15.5. The topological polar surface area (TPSA) is 77.9 Å². The molecule has 0 fully saturated rings. The van der Waals surface area contributed by atoms with Crippen LogP contribution in [0.25, 0.3) is 0 Å². The van der Waals surface area contributed by atoms with Gasteiger partial charge in [-0.05, 0) is 38.5 Å². The highest BCUT2D eigenvalue weighted by Gasteiger charge is 2.41. The number of imide groups is 1. The standard InChI is InChI=1S/C21H22N2O4/c1-21(2,3)23(20(26)27)17(14-9-5-4-6-10-14)13-22-18(24)15-11-7-8-12-16(15)19(22)25/h4-12,17H,13H2,1-3H3,(H,26,27)/t17-/m1/s1. The average molecular weight is 366 g/mol. The molecule has 2 aromatic carbocycles. The van der Waals surface area contributed by atoms with E-state index in [1.54, 1.807) is 45.0 Å². The third-order valence-electron chi connectivity index (χ3n) is 4.66. The number of rotatable bonds is 4. The molecule has 27 heavy (non-hydrogen) atoms. The summed E-state index contributed by atoms with van der Waals surface area (Å²) in [5.74, 6) is -0.786. The number of carboxylic acid groups (broad SMARTS) is 1. The minimum Gasteiger partial charge on any atom is -0.465 e. The number of hydrogen-bond donors (Lipinski definition) is 1. The van der Waals surface area contributed by atoms with Gasteiger partial charge >= 0.3 is 6.09 Å². The fourth-order valence-electron chi connectivity index (χ4n) is 3.48. The van der Waals surface area contributed by atoms with E-state index >= 15 is 0 Å². The van der Waals surface area contributed by atoms with Crippen LogP contribution in [0.1, 0.15) is 53.1 Å². The lowest BCUT2D eigenvalue weighted by molar-refractivity contribution is 0.0427. The molecular formula is C21H22N2O4. The van der Waals surface area contributed by atoms with Crippen molar-refractivity contribution in [2.24, 2.45) is 0 Å². The molecule has 3 amide bonds. The van der Waals surface area contributed by atoms with E-state index in [4.69, 9.17) is 0 Å². The van der Waals surface area contributed by atoms with Gasteiger partial charge in [-0.1, -0.05) is 42.5 Å². The summed E-state index contributed by atoms with van der Waals surface area (Å²) in [6.45, 7) is 5.33. The monoisotopic (exact) mass is 366 g/mol. The summed E-state index contributed by atoms with van der Waals surface area (Å²) in [7, 11) is 0. The van der Waals surface area contributed by atoms with Crippen molar-refractivity contribution >= 4 is 17.9 Å². The second-order valence-electron chi connectivity index (χ2n) is 7.52. The zero-order chi connectivity index (χ0) is 19.8. The van der Waals surface area contributed by atoms with E-state index in [1.807, 2.05) is 30.3 Å². The second kappa shape index (κ2) is 6.87. The Kier molecular flexibility index (Phi) is 4.74. The minimum absolute atomic E-state index is 0.0417. The fraction of sp³-hybridized carbons (Fsp3) is 0.286. The van der Waals surface area contributed by atoms with Gasteiger partial charge in [-0.25, -0.2) is 4.79 Å². The number of nitrogens with zero attached hydrogens (tertiary/aromatic N) is 2. The predicted octanol–water partition coefficient (Wildman–Crippen LogP) is 3.80. The van der Waals surface area contributed by atoms with Crippen LogP contribution in [-0.4, -0.2) is 44.9 Å². The summed E-state index contributed by atoms with van der Waals surface area (Å²) >= 11 is 0. The Balaban J connectivity index is 2.02. The molecule has 0 bridgehead atoms. The van der Waals surface area contributed by atoms with Gasteiger partial charge in [0.25, 0.3) is 11.8 Å². The van der Waals surface area contributed by atoms with Gasteiger partial charge in [-0.2, -0.15) is 0 Å². The van der Waals surface area contributed by atoms with Crippen molar-refractivity contribution in [2.45, 2.75) is 32.4 Å². The maximum Gasteiger partial charge on any atom is 0.408 e. The lowest BCUT2D eigenvalue weighted by Gasteiger charge is -2.41. The third kappa shape index (κ3) is 3.43. The van der Waals surface area contributed by atoms with Gasteiger partial charge in [0.1, 0.15) is 0 Å². The molecule has 1 atom stereocenters. The molecule has 6 nitrogen and oxygen atoms in total. The number of fused-ring (bicyclic) bond motifs is 1. The van der Waals surface area contributed by atoms with Crippen molar-refractivity contribution in [3.05, 3.63) is 71.3 Å². The molecule has 0 unspecified atom stereocenters. The van der Waals surface area contributed by atoms with Crippen LogP contribution < -0.4 is 0 Å². The van der Waals surface area contributed by atoms with Crippen molar-refractivity contribution in [3.8, 4) is 0 Å². The van der Waals surface area contributed by atoms with E-state index in [1.165, 1.54) is 4.90 Å². The third-order valence-corrected chi connectivity index (χ3v) is 4.66. The highest BCUT2D eigenvalue weighted by atomic mass is 16.4. The lowest BCUT2D eigenvalue weighted by atomic mass is 9.98. The Morgan fingerprint density at radius 1 is 0.963 bits per heavy atom. The molecular weight excluding hydrogens is 344 g/mol. The van der Waals surface area contributed by atoms with E-state index in [-0.39, 0.29) is 6.54 Å². The van der Waals surface area contributed by atoms with Crippen LogP contribution in [0.4, 0.5) is 4.79 Å². The van der Waals surface area contributed by atoms with Crippen LogP contribution in [0, 0.1) is 0 Å². The van der Waals surface area contributed by atoms with Crippen molar-refractivity contribution < 1.29 is 19.5 Å². The maximum atomic E-state index is 12.8. The first-order chi connectivity index (χ1) is 12.7. The lowest BCUT2D eigenvalue weighted by Crippen LogP contribution is -2.51. The summed E-state index contributed by atoms with van der Waals surface area (Å²) in [6.07, 6.45) is -1.10. The SMILES string of the molecule is CC(C)(C)N(C(=O)O)[C@H](CN1C(=O)c2ccccc2C1=O)c1ccccc1. The van der Waals surface area contributed by atoms with Crippen LogP contribution in [0.3, 0.4) is 0 Å². The molecule has 140 valence electrons. The van der Waals surface area contributed by atoms with Crippen LogP contribution in [0.15, 0.2) is 54.6 Å². The summed E-state index contributed by atoms with van der Waals surface area (Å²) < 4.78 is 0. The smallest absolute Gasteiger partial charge is 0.408 e. The van der Waals surface area contributed by atoms with Crippen LogP contribution in [-0.2, 0) is 0 Å². The fourth-order valence-corrected chi connectivity index (χ4v) is 3.48. The highest BCUT2D eigenvalue weighted by molar-refractivity contribution is 6.21. The van der Waals surface area contributed by atoms with E-state index in [0.29, 0.717) is 11.1 Å². The van der Waals surface area contributed by atoms with E-state index in [2.05, 4.69) is 0 Å². The molecule has 0 spiro atoms. The minimum atomic E-state index is -1.10. The molecule has 1 heterocycles. The Morgan fingerprint density at radius 3 is 1.89 bits per heavy atom. The first-order valence-corrected chi connectivity index (χ1v) is 8.74. The van der Waals surface area contributed by atoms with Gasteiger partial charge < -0.3 is 5.11 Å². The van der Waals surface area contributed by atoms with Crippen molar-refractivity contribution in [3.63, 3.8) is 0 Å². The molecule has 1 N–H and O–H groups in total. The van der Waals surface area contributed by atoms with E-state index < -0.39 is 29.5 Å². The molecule has 1 aliphatic rings. The van der Waals surface area contributed by atoms with Crippen molar-refractivity contribution in [2.75, 3.05) is 6.54 Å². The summed E-state index contributed by atoms with van der Waals surface area (Å²) in [5, 5.41) is 9.86. The maximum absolute atomic E-state index is 12.8. The normalized spacial score (nSPS) is 14.9. The molecule has 3 rings (SSSR count). The average Bonchev–Trinajstić information content (AvgIpc) is 2.85. The molecule has 6 heteroatoms. The Morgan fingerprint density at radius 2 is 1.44 bits per heavy atom. The molecule has 0 aliphatic carbocycles. The Bertz CT molecular complexity index is 852. The first kappa shape index (κ1) is 18.6. The molecule has 0 radical (unpaired) electrons. The summed E-state index contributed by atoms with van der Waals surface area (Å²) in [4.78, 5) is 40.0. The highest BCUT2D eigenvalue weighted by Crippen LogP contribution is 2.32. The zero-order valence-corrected chi connectivity index (χ0v) is 15.5. The largest absolute Gasteiger partial charge is 0.465 e. The van der Waals surface area contributed by atoms with Gasteiger partial charge in [-0.15, -0.1) is 0 Å². The second-order valence-corrected chi connectivity index (χ2v) is 7.52. The van der Waals surface area contributed by atoms with Gasteiger partial charge in [0.05, 0.1) is 23.7 Å². The van der Waals surface area contributed by atoms with Gasteiger partial charge in [-0.3, -0.25) is 19.4 Å². The molecule has 1 aliphatic heterocycles. The van der Waals surface area contributed by atoms with Gasteiger partial charge in [0.15, 0.2) is 0 Å². The van der Waals surface area contributed by atoms with E-state index in [0.717, 1.165) is 10.5 Å². The number of carbonyl (C=O) groups excluding carboxylic acids is 2. The van der Waals surface area contributed by atoms with Crippen molar-refractivity contribution in [1.82, 2.24) is 9.80 Å². The molecule has 2 aromatic rings. The summed E-state index contributed by atoms with van der Waals surface area (Å²) in [5.41, 5.74) is 0.718. The first-order valence-electron chi connectivity index (χ1n) is 8.74. The predicted molar refractivity (Wildman–Crippen MR) is 101 cm³/mol. The Hall–Kier alpha value is -3.15. The number of benzene rings is 2. The van der Waals surface area contributed by atoms with Gasteiger partial charge in [0.2, 0.25) is 0 Å². The molecule has 0 saturated heterocycles. The van der Waals surface area contributed by atoms with Gasteiger partial charge in [0, 0.05) is 5.54 Å². The summed E-state index contributed by atoms with van der Waals surface area (Å²) in [6, 6.07) is 15.1. The van der Waals surface area contributed by atoms with Crippen molar-refractivity contribution in [1.29, 1.82) is 0 Å². The quantitative estimate of drug-likeness (QED) is 0.835. The number of amides is 3. The van der Waals surface area contributed by atoms with E-state index in [9.17, 15) is 19.5 Å². The Labute approximate surface area is 158 Å². The van der Waals surface area contributed by atoms with Crippen LogP contribution in [0.2, 0.25) is 0 Å².